The summed E-state index contributed by atoms with van der Waals surface area (Å²) in [5.41, 5.74) is -0.531. The van der Waals surface area contributed by atoms with E-state index < -0.39 is 31.6 Å². The lowest BCUT2D eigenvalue weighted by Gasteiger charge is -2.47. The van der Waals surface area contributed by atoms with Gasteiger partial charge in [0.25, 0.3) is 8.32 Å². The Balaban J connectivity index is 3.71. The smallest absolute Gasteiger partial charge is 0.325 e. The van der Waals surface area contributed by atoms with Crippen LogP contribution in [0.15, 0.2) is 11.8 Å². The highest BCUT2D eigenvalue weighted by atomic mass is 28.4. The zero-order valence-corrected chi connectivity index (χ0v) is 23.5. The summed E-state index contributed by atoms with van der Waals surface area (Å²) in [6.07, 6.45) is 8.98. The van der Waals surface area contributed by atoms with Crippen LogP contribution in [0.25, 0.3) is 0 Å². The molecule has 1 atom stereocenters. The first-order chi connectivity index (χ1) is 15.2. The van der Waals surface area contributed by atoms with Gasteiger partial charge in [-0.2, -0.15) is 0 Å². The number of carbonyl (C=O) groups excluding carboxylic acids is 2. The Morgan fingerprint density at radius 3 is 1.88 bits per heavy atom. The second-order valence-corrected chi connectivity index (χ2v) is 16.4. The highest BCUT2D eigenvalue weighted by Gasteiger charge is 2.57. The number of rotatable bonds is 11. The summed E-state index contributed by atoms with van der Waals surface area (Å²) >= 11 is 0. The van der Waals surface area contributed by atoms with Crippen molar-refractivity contribution < 1.29 is 23.5 Å². The first-order valence-electron chi connectivity index (χ1n) is 12.4. The molecule has 0 radical (unpaired) electrons. The van der Waals surface area contributed by atoms with Crippen LogP contribution in [0.4, 0.5) is 0 Å². The van der Waals surface area contributed by atoms with Crippen LogP contribution in [0.5, 0.6) is 0 Å². The van der Waals surface area contributed by atoms with Crippen LogP contribution in [0, 0.1) is 29.1 Å². The Labute approximate surface area is 203 Å². The number of esters is 2. The molecule has 0 fully saturated rings. The molecule has 188 valence electrons. The molecule has 1 aliphatic rings. The predicted molar refractivity (Wildman–Crippen MR) is 136 cm³/mol. The summed E-state index contributed by atoms with van der Waals surface area (Å²) in [4.78, 5) is 26.6. The van der Waals surface area contributed by atoms with Crippen LogP contribution in [-0.4, -0.2) is 33.5 Å². The second-order valence-electron chi connectivity index (χ2n) is 11.0. The Kier molecular flexibility index (Phi) is 10.3. The van der Waals surface area contributed by atoms with Crippen molar-refractivity contribution in [3.8, 4) is 12.3 Å². The van der Waals surface area contributed by atoms with Crippen LogP contribution in [-0.2, 0) is 23.5 Å². The first kappa shape index (κ1) is 29.3. The lowest BCUT2D eigenvalue weighted by molar-refractivity contribution is -0.176. The number of hydrogen-bond donors (Lipinski definition) is 0. The van der Waals surface area contributed by atoms with E-state index in [4.69, 9.17) is 20.3 Å². The van der Waals surface area contributed by atoms with Crippen molar-refractivity contribution in [2.24, 2.45) is 16.7 Å². The van der Waals surface area contributed by atoms with Gasteiger partial charge >= 0.3 is 11.9 Å². The van der Waals surface area contributed by atoms with Gasteiger partial charge in [-0.1, -0.05) is 55.4 Å². The van der Waals surface area contributed by atoms with Gasteiger partial charge in [0.15, 0.2) is 5.41 Å². The van der Waals surface area contributed by atoms with Crippen molar-refractivity contribution in [1.29, 1.82) is 0 Å². The van der Waals surface area contributed by atoms with E-state index in [0.29, 0.717) is 23.0 Å². The Bertz CT molecular complexity index is 717. The van der Waals surface area contributed by atoms with Gasteiger partial charge in [-0.15, -0.1) is 12.3 Å². The third-order valence-electron chi connectivity index (χ3n) is 7.12. The van der Waals surface area contributed by atoms with Gasteiger partial charge in [0, 0.05) is 18.8 Å². The molecule has 0 aromatic rings. The van der Waals surface area contributed by atoms with Crippen LogP contribution in [0.1, 0.15) is 88.5 Å². The largest absolute Gasteiger partial charge is 0.546 e. The maximum atomic E-state index is 13.3. The van der Waals surface area contributed by atoms with E-state index in [1.54, 1.807) is 13.8 Å². The van der Waals surface area contributed by atoms with E-state index in [2.05, 4.69) is 61.3 Å². The fourth-order valence-electron chi connectivity index (χ4n) is 5.79. The van der Waals surface area contributed by atoms with Gasteiger partial charge in [0.05, 0.1) is 19.0 Å². The molecule has 0 aromatic heterocycles. The molecule has 0 N–H and O–H groups in total. The van der Waals surface area contributed by atoms with E-state index in [1.807, 2.05) is 6.08 Å². The average Bonchev–Trinajstić information content (AvgIpc) is 2.68. The third kappa shape index (κ3) is 6.04. The van der Waals surface area contributed by atoms with Crippen molar-refractivity contribution in [3.63, 3.8) is 0 Å². The molecule has 1 aliphatic carbocycles. The van der Waals surface area contributed by atoms with E-state index in [-0.39, 0.29) is 25.0 Å². The van der Waals surface area contributed by atoms with Crippen molar-refractivity contribution >= 4 is 20.3 Å². The molecular formula is C27H46O5Si. The topological polar surface area (TPSA) is 61.8 Å². The molecular weight excluding hydrogens is 432 g/mol. The van der Waals surface area contributed by atoms with Crippen molar-refractivity contribution in [3.05, 3.63) is 11.8 Å². The number of ether oxygens (including phenoxy) is 2. The fourth-order valence-corrected chi connectivity index (χ4v) is 11.1. The maximum absolute atomic E-state index is 13.3. The van der Waals surface area contributed by atoms with Gasteiger partial charge in [-0.25, -0.2) is 0 Å². The summed E-state index contributed by atoms with van der Waals surface area (Å²) < 4.78 is 17.8. The highest BCUT2D eigenvalue weighted by Crippen LogP contribution is 2.51. The highest BCUT2D eigenvalue weighted by molar-refractivity contribution is 6.77. The standard InChI is InChI=1S/C27H46O5Si/c1-12-15-27(24(28)30-13-2,25(29)31-14-3)22-16-23(18-26(10,11)17-22)32-33(19(4)5,20(6)7)21(8)9/h1,16,19-22H,13-15,17-18H2,2-11H3. The van der Waals surface area contributed by atoms with E-state index in [1.165, 1.54) is 0 Å². The van der Waals surface area contributed by atoms with Crippen molar-refractivity contribution in [2.75, 3.05) is 13.2 Å². The molecule has 0 aromatic carbocycles. The van der Waals surface area contributed by atoms with E-state index in [9.17, 15) is 9.59 Å². The normalized spacial score (nSPS) is 18.7. The van der Waals surface area contributed by atoms with Gasteiger partial charge in [-0.05, 0) is 48.4 Å². The quantitative estimate of drug-likeness (QED) is 0.144. The minimum absolute atomic E-state index is 0.0731. The second kappa shape index (κ2) is 11.6. The SMILES string of the molecule is C#CCC(C(=O)OCC)(C(=O)OCC)C1C=C(O[Si](C(C)C)(C(C)C)C(C)C)CC(C)(C)C1. The van der Waals surface area contributed by atoms with Gasteiger partial charge in [0.2, 0.25) is 0 Å². The molecule has 0 amide bonds. The lowest BCUT2D eigenvalue weighted by Crippen LogP contribution is -2.51. The molecule has 5 nitrogen and oxygen atoms in total. The summed E-state index contributed by atoms with van der Waals surface area (Å²) in [6, 6.07) is 0. The van der Waals surface area contributed by atoms with Crippen molar-refractivity contribution in [2.45, 2.75) is 105 Å². The number of hydrogen-bond acceptors (Lipinski definition) is 5. The zero-order chi connectivity index (χ0) is 25.6. The molecule has 0 saturated heterocycles. The van der Waals surface area contributed by atoms with Gasteiger partial charge in [0.1, 0.15) is 0 Å². The number of terminal acetylenes is 1. The maximum Gasteiger partial charge on any atom is 0.325 e. The van der Waals surface area contributed by atoms with Crippen LogP contribution < -0.4 is 0 Å². The summed E-state index contributed by atoms with van der Waals surface area (Å²) in [5.74, 6) is 1.74. The molecule has 6 heteroatoms. The molecule has 33 heavy (non-hydrogen) atoms. The predicted octanol–water partition coefficient (Wildman–Crippen LogP) is 6.63. The Morgan fingerprint density at radius 1 is 1.06 bits per heavy atom. The first-order valence-corrected chi connectivity index (χ1v) is 14.6. The van der Waals surface area contributed by atoms with Gasteiger partial charge in [-0.3, -0.25) is 9.59 Å². The molecule has 0 heterocycles. The molecule has 1 rings (SSSR count). The molecule has 1 unspecified atom stereocenters. The summed E-state index contributed by atoms with van der Waals surface area (Å²) in [5, 5.41) is 0. The van der Waals surface area contributed by atoms with Gasteiger partial charge < -0.3 is 13.9 Å². The zero-order valence-electron chi connectivity index (χ0n) is 22.5. The Hall–Kier alpha value is -1.74. The average molecular weight is 479 g/mol. The minimum atomic E-state index is -2.21. The van der Waals surface area contributed by atoms with Crippen LogP contribution in [0.3, 0.4) is 0 Å². The fraction of sp³-hybridized carbons (Fsp3) is 0.778. The number of carbonyl (C=O) groups is 2. The summed E-state index contributed by atoms with van der Waals surface area (Å²) in [6.45, 7) is 21.6. The Morgan fingerprint density at radius 2 is 1.52 bits per heavy atom. The van der Waals surface area contributed by atoms with Crippen molar-refractivity contribution in [1.82, 2.24) is 0 Å². The molecule has 0 aliphatic heterocycles. The summed E-state index contributed by atoms with van der Waals surface area (Å²) in [7, 11) is -2.21. The van der Waals surface area contributed by atoms with E-state index in [0.717, 1.165) is 12.2 Å². The molecule has 0 bridgehead atoms. The van der Waals surface area contributed by atoms with Crippen LogP contribution in [0.2, 0.25) is 16.6 Å². The third-order valence-corrected chi connectivity index (χ3v) is 13.2. The number of allylic oxidation sites excluding steroid dienone is 2. The van der Waals surface area contributed by atoms with Crippen LogP contribution >= 0.6 is 0 Å². The van der Waals surface area contributed by atoms with E-state index >= 15 is 0 Å². The lowest BCUT2D eigenvalue weighted by atomic mass is 9.63. The minimum Gasteiger partial charge on any atom is -0.546 e. The molecule has 0 spiro atoms. The molecule has 0 saturated carbocycles. The monoisotopic (exact) mass is 478 g/mol.